The Balaban J connectivity index is 2.41. The SMILES string of the molecule is COCCn1nc(-c2ccc(C)c(C)c2)cc1C(=O)O. The lowest BCUT2D eigenvalue weighted by molar-refractivity contribution is 0.0680. The van der Waals surface area contributed by atoms with Gasteiger partial charge in [0, 0.05) is 12.7 Å². The van der Waals surface area contributed by atoms with Crippen LogP contribution in [0.2, 0.25) is 0 Å². The molecule has 0 atom stereocenters. The van der Waals surface area contributed by atoms with E-state index < -0.39 is 5.97 Å². The maximum absolute atomic E-state index is 11.2. The van der Waals surface area contributed by atoms with Gasteiger partial charge in [-0.1, -0.05) is 12.1 Å². The summed E-state index contributed by atoms with van der Waals surface area (Å²) >= 11 is 0. The normalized spacial score (nSPS) is 10.8. The van der Waals surface area contributed by atoms with Gasteiger partial charge in [0.25, 0.3) is 0 Å². The molecule has 20 heavy (non-hydrogen) atoms. The Hall–Kier alpha value is -2.14. The predicted octanol–water partition coefficient (Wildman–Crippen LogP) is 2.51. The first kappa shape index (κ1) is 14.3. The minimum atomic E-state index is -0.983. The molecule has 1 N–H and O–H groups in total. The van der Waals surface area contributed by atoms with Crippen molar-refractivity contribution in [2.24, 2.45) is 0 Å². The molecular weight excluding hydrogens is 256 g/mol. The Morgan fingerprint density at radius 1 is 1.30 bits per heavy atom. The van der Waals surface area contributed by atoms with Crippen molar-refractivity contribution in [2.75, 3.05) is 13.7 Å². The lowest BCUT2D eigenvalue weighted by atomic mass is 10.0. The molecule has 0 radical (unpaired) electrons. The number of ether oxygens (including phenoxy) is 1. The number of aromatic nitrogens is 2. The third-order valence-electron chi connectivity index (χ3n) is 3.31. The smallest absolute Gasteiger partial charge is 0.354 e. The van der Waals surface area contributed by atoms with Crippen LogP contribution in [0.3, 0.4) is 0 Å². The van der Waals surface area contributed by atoms with Crippen LogP contribution in [0.15, 0.2) is 24.3 Å². The Kier molecular flexibility index (Phi) is 4.20. The summed E-state index contributed by atoms with van der Waals surface area (Å²) in [6.07, 6.45) is 0. The number of aryl methyl sites for hydroxylation is 2. The summed E-state index contributed by atoms with van der Waals surface area (Å²) in [5.41, 5.74) is 4.13. The van der Waals surface area contributed by atoms with Crippen LogP contribution in [0.5, 0.6) is 0 Å². The monoisotopic (exact) mass is 274 g/mol. The highest BCUT2D eigenvalue weighted by molar-refractivity contribution is 5.87. The number of hydrogen-bond donors (Lipinski definition) is 1. The van der Waals surface area contributed by atoms with Crippen molar-refractivity contribution < 1.29 is 14.6 Å². The maximum atomic E-state index is 11.2. The van der Waals surface area contributed by atoms with Crippen LogP contribution >= 0.6 is 0 Å². The molecule has 0 aliphatic heterocycles. The maximum Gasteiger partial charge on any atom is 0.354 e. The van der Waals surface area contributed by atoms with Gasteiger partial charge in [-0.2, -0.15) is 5.10 Å². The molecule has 1 aromatic heterocycles. The van der Waals surface area contributed by atoms with Crippen molar-refractivity contribution in [1.29, 1.82) is 0 Å². The van der Waals surface area contributed by atoms with E-state index in [4.69, 9.17) is 4.74 Å². The number of nitrogens with zero attached hydrogens (tertiary/aromatic N) is 2. The number of methoxy groups -OCH3 is 1. The van der Waals surface area contributed by atoms with Crippen LogP contribution in [0.4, 0.5) is 0 Å². The third-order valence-corrected chi connectivity index (χ3v) is 3.31. The van der Waals surface area contributed by atoms with Crippen LogP contribution < -0.4 is 0 Å². The fraction of sp³-hybridized carbons (Fsp3) is 0.333. The Morgan fingerprint density at radius 3 is 2.65 bits per heavy atom. The summed E-state index contributed by atoms with van der Waals surface area (Å²) in [7, 11) is 1.58. The van der Waals surface area contributed by atoms with Crippen molar-refractivity contribution in [3.63, 3.8) is 0 Å². The lowest BCUT2D eigenvalue weighted by Crippen LogP contribution is -2.13. The standard InChI is InChI=1S/C15H18N2O3/c1-10-4-5-12(8-11(10)2)13-9-14(15(18)19)17(16-13)6-7-20-3/h4-5,8-9H,6-7H2,1-3H3,(H,18,19). The van der Waals surface area contributed by atoms with E-state index in [1.807, 2.05) is 32.0 Å². The molecule has 0 saturated heterocycles. The minimum absolute atomic E-state index is 0.176. The van der Waals surface area contributed by atoms with Gasteiger partial charge in [0.2, 0.25) is 0 Å². The molecule has 1 aromatic carbocycles. The Bertz CT molecular complexity index is 632. The molecule has 2 rings (SSSR count). The van der Waals surface area contributed by atoms with Crippen molar-refractivity contribution in [1.82, 2.24) is 9.78 Å². The zero-order chi connectivity index (χ0) is 14.7. The molecule has 0 bridgehead atoms. The fourth-order valence-electron chi connectivity index (χ4n) is 1.98. The van der Waals surface area contributed by atoms with E-state index in [0.29, 0.717) is 18.8 Å². The van der Waals surface area contributed by atoms with E-state index in [-0.39, 0.29) is 5.69 Å². The van der Waals surface area contributed by atoms with Gasteiger partial charge in [0.05, 0.1) is 18.8 Å². The van der Waals surface area contributed by atoms with Gasteiger partial charge in [-0.05, 0) is 37.1 Å². The van der Waals surface area contributed by atoms with Gasteiger partial charge >= 0.3 is 5.97 Å². The topological polar surface area (TPSA) is 64.4 Å². The molecule has 106 valence electrons. The number of carboxylic acids is 1. The second-order valence-corrected chi connectivity index (χ2v) is 4.73. The second-order valence-electron chi connectivity index (χ2n) is 4.73. The van der Waals surface area contributed by atoms with Crippen LogP contribution in [0.25, 0.3) is 11.3 Å². The van der Waals surface area contributed by atoms with Crippen LogP contribution in [-0.4, -0.2) is 34.6 Å². The van der Waals surface area contributed by atoms with E-state index in [0.717, 1.165) is 11.1 Å². The first-order valence-electron chi connectivity index (χ1n) is 6.40. The van der Waals surface area contributed by atoms with Gasteiger partial charge in [-0.3, -0.25) is 4.68 Å². The van der Waals surface area contributed by atoms with Gasteiger partial charge in [-0.15, -0.1) is 0 Å². The quantitative estimate of drug-likeness (QED) is 0.910. The van der Waals surface area contributed by atoms with Gasteiger partial charge in [0.15, 0.2) is 0 Å². The van der Waals surface area contributed by atoms with Gasteiger partial charge in [0.1, 0.15) is 5.69 Å². The highest BCUT2D eigenvalue weighted by atomic mass is 16.5. The van der Waals surface area contributed by atoms with E-state index in [1.165, 1.54) is 10.2 Å². The molecule has 0 unspecified atom stereocenters. The molecule has 0 fully saturated rings. The fourth-order valence-corrected chi connectivity index (χ4v) is 1.98. The first-order valence-corrected chi connectivity index (χ1v) is 6.40. The number of hydrogen-bond acceptors (Lipinski definition) is 3. The Labute approximate surface area is 117 Å². The third kappa shape index (κ3) is 2.88. The average Bonchev–Trinajstić information content (AvgIpc) is 2.84. The Morgan fingerprint density at radius 2 is 2.05 bits per heavy atom. The lowest BCUT2D eigenvalue weighted by Gasteiger charge is -2.03. The van der Waals surface area contributed by atoms with Crippen LogP contribution in [-0.2, 0) is 11.3 Å². The molecule has 0 amide bonds. The van der Waals surface area contributed by atoms with E-state index in [9.17, 15) is 9.90 Å². The molecule has 0 saturated carbocycles. The average molecular weight is 274 g/mol. The molecule has 0 aliphatic rings. The zero-order valence-electron chi connectivity index (χ0n) is 11.9. The van der Waals surface area contributed by atoms with Gasteiger partial charge < -0.3 is 9.84 Å². The summed E-state index contributed by atoms with van der Waals surface area (Å²) in [4.78, 5) is 11.2. The molecule has 0 aliphatic carbocycles. The second kappa shape index (κ2) is 5.88. The van der Waals surface area contributed by atoms with Crippen molar-refractivity contribution in [3.05, 3.63) is 41.1 Å². The molecule has 5 nitrogen and oxygen atoms in total. The zero-order valence-corrected chi connectivity index (χ0v) is 11.9. The number of carbonyl (C=O) groups is 1. The highest BCUT2D eigenvalue weighted by Gasteiger charge is 2.15. The molecule has 0 spiro atoms. The first-order chi connectivity index (χ1) is 9.52. The van der Waals surface area contributed by atoms with Crippen molar-refractivity contribution in [3.8, 4) is 11.3 Å². The number of aromatic carboxylic acids is 1. The number of carboxylic acid groups (broad SMARTS) is 1. The summed E-state index contributed by atoms with van der Waals surface area (Å²) in [6.45, 7) is 4.91. The van der Waals surface area contributed by atoms with E-state index >= 15 is 0 Å². The van der Waals surface area contributed by atoms with Gasteiger partial charge in [-0.25, -0.2) is 4.79 Å². The van der Waals surface area contributed by atoms with E-state index in [2.05, 4.69) is 5.10 Å². The molecule has 5 heteroatoms. The molecule has 1 heterocycles. The van der Waals surface area contributed by atoms with Crippen molar-refractivity contribution >= 4 is 5.97 Å². The summed E-state index contributed by atoms with van der Waals surface area (Å²) in [5, 5.41) is 13.6. The summed E-state index contributed by atoms with van der Waals surface area (Å²) in [5.74, 6) is -0.983. The molecular formula is C15H18N2O3. The molecule has 2 aromatic rings. The van der Waals surface area contributed by atoms with Crippen molar-refractivity contribution in [2.45, 2.75) is 20.4 Å². The summed E-state index contributed by atoms with van der Waals surface area (Å²) in [6, 6.07) is 7.59. The van der Waals surface area contributed by atoms with Crippen LogP contribution in [0.1, 0.15) is 21.6 Å². The largest absolute Gasteiger partial charge is 0.477 e. The van der Waals surface area contributed by atoms with E-state index in [1.54, 1.807) is 13.2 Å². The minimum Gasteiger partial charge on any atom is -0.477 e. The summed E-state index contributed by atoms with van der Waals surface area (Å²) < 4.78 is 6.45. The predicted molar refractivity (Wildman–Crippen MR) is 76.0 cm³/mol. The highest BCUT2D eigenvalue weighted by Crippen LogP contribution is 2.22. The number of benzene rings is 1. The number of rotatable bonds is 5. The van der Waals surface area contributed by atoms with Crippen LogP contribution in [0, 0.1) is 13.8 Å².